The van der Waals surface area contributed by atoms with E-state index in [0.29, 0.717) is 23.8 Å². The Kier molecular flexibility index (Phi) is 5.08. The first-order chi connectivity index (χ1) is 13.7. The molecule has 2 heterocycles. The smallest absolute Gasteiger partial charge is 0.204 e. The van der Waals surface area contributed by atoms with Crippen molar-refractivity contribution in [3.63, 3.8) is 0 Å². The number of fused-ring (bicyclic) bond motifs is 1. The van der Waals surface area contributed by atoms with Crippen molar-refractivity contribution in [1.82, 2.24) is 14.8 Å². The predicted octanol–water partition coefficient (Wildman–Crippen LogP) is 4.66. The Bertz CT molecular complexity index is 1140. The van der Waals surface area contributed by atoms with Crippen LogP contribution in [0.2, 0.25) is 0 Å². The molecule has 0 spiro atoms. The summed E-state index contributed by atoms with van der Waals surface area (Å²) in [6.07, 6.45) is 3.82. The number of rotatable bonds is 6. The van der Waals surface area contributed by atoms with Gasteiger partial charge in [-0.15, -0.1) is 0 Å². The van der Waals surface area contributed by atoms with Crippen LogP contribution < -0.4 is 5.43 Å². The van der Waals surface area contributed by atoms with E-state index in [2.05, 4.69) is 26.7 Å². The maximum atomic E-state index is 13.2. The van der Waals surface area contributed by atoms with Crippen LogP contribution in [-0.4, -0.2) is 21.0 Å². The van der Waals surface area contributed by atoms with Gasteiger partial charge in [0.15, 0.2) is 0 Å². The number of halogens is 1. The molecule has 4 aromatic rings. The highest BCUT2D eigenvalue weighted by molar-refractivity contribution is 7.22. The maximum Gasteiger partial charge on any atom is 0.204 e. The van der Waals surface area contributed by atoms with E-state index in [-0.39, 0.29) is 5.82 Å². The summed E-state index contributed by atoms with van der Waals surface area (Å²) in [7, 11) is 0. The summed E-state index contributed by atoms with van der Waals surface area (Å²) in [5.74, 6) is -0.305. The van der Waals surface area contributed by atoms with Crippen LogP contribution in [0, 0.1) is 17.1 Å². The lowest BCUT2D eigenvalue weighted by molar-refractivity contribution is 0.626. The van der Waals surface area contributed by atoms with Crippen LogP contribution in [0.4, 0.5) is 9.52 Å². The molecule has 8 heteroatoms. The Hall–Kier alpha value is -3.57. The highest BCUT2D eigenvalue weighted by Gasteiger charge is 2.10. The topological polar surface area (TPSA) is 78.9 Å². The van der Waals surface area contributed by atoms with Crippen molar-refractivity contribution in [3.05, 3.63) is 66.1 Å². The normalized spacial score (nSPS) is 11.1. The Labute approximate surface area is 164 Å². The first-order valence-electron chi connectivity index (χ1n) is 8.58. The van der Waals surface area contributed by atoms with E-state index >= 15 is 0 Å². The van der Waals surface area contributed by atoms with Crippen molar-refractivity contribution in [2.75, 3.05) is 5.43 Å². The SMILES string of the molecule is N#CCCn1cc(/C=N/Nc2nc3ccccc3s2)c(-c2ccc(F)cc2)n1. The summed E-state index contributed by atoms with van der Waals surface area (Å²) in [6.45, 7) is 0.476. The molecule has 2 aromatic carbocycles. The second-order valence-corrected chi connectivity index (χ2v) is 7.00. The quantitative estimate of drug-likeness (QED) is 0.384. The van der Waals surface area contributed by atoms with Gasteiger partial charge < -0.3 is 0 Å². The number of anilines is 1. The number of hydrogen-bond donors (Lipinski definition) is 1. The molecule has 0 saturated heterocycles. The predicted molar refractivity (Wildman–Crippen MR) is 109 cm³/mol. The first-order valence-corrected chi connectivity index (χ1v) is 9.39. The molecule has 0 aliphatic carbocycles. The van der Waals surface area contributed by atoms with Gasteiger partial charge in [0.2, 0.25) is 5.13 Å². The summed E-state index contributed by atoms with van der Waals surface area (Å²) in [4.78, 5) is 4.48. The molecule has 4 rings (SSSR count). The van der Waals surface area contributed by atoms with Crippen molar-refractivity contribution in [3.8, 4) is 17.3 Å². The van der Waals surface area contributed by atoms with E-state index in [1.165, 1.54) is 23.5 Å². The number of para-hydroxylation sites is 1. The number of nitriles is 1. The van der Waals surface area contributed by atoms with E-state index in [1.54, 1.807) is 23.0 Å². The highest BCUT2D eigenvalue weighted by Crippen LogP contribution is 2.25. The molecule has 0 saturated carbocycles. The van der Waals surface area contributed by atoms with Gasteiger partial charge in [0.1, 0.15) is 11.5 Å². The van der Waals surface area contributed by atoms with Crippen LogP contribution in [-0.2, 0) is 6.54 Å². The zero-order valence-electron chi connectivity index (χ0n) is 14.7. The van der Waals surface area contributed by atoms with Gasteiger partial charge in [-0.2, -0.15) is 15.5 Å². The van der Waals surface area contributed by atoms with Gasteiger partial charge in [-0.1, -0.05) is 23.5 Å². The lowest BCUT2D eigenvalue weighted by atomic mass is 10.1. The molecule has 0 bridgehead atoms. The number of thiazole rings is 1. The summed E-state index contributed by atoms with van der Waals surface area (Å²) in [5.41, 5.74) is 6.08. The van der Waals surface area contributed by atoms with E-state index in [0.717, 1.165) is 21.3 Å². The number of aromatic nitrogens is 3. The highest BCUT2D eigenvalue weighted by atomic mass is 32.1. The lowest BCUT2D eigenvalue weighted by Gasteiger charge is -1.99. The molecule has 0 radical (unpaired) electrons. The number of benzene rings is 2. The molecule has 0 fully saturated rings. The molecule has 2 aromatic heterocycles. The van der Waals surface area contributed by atoms with E-state index in [9.17, 15) is 4.39 Å². The summed E-state index contributed by atoms with van der Waals surface area (Å²) < 4.78 is 16.0. The van der Waals surface area contributed by atoms with Crippen LogP contribution in [0.1, 0.15) is 12.0 Å². The van der Waals surface area contributed by atoms with Crippen molar-refractivity contribution < 1.29 is 4.39 Å². The van der Waals surface area contributed by atoms with Crippen LogP contribution in [0.5, 0.6) is 0 Å². The fourth-order valence-electron chi connectivity index (χ4n) is 2.72. The van der Waals surface area contributed by atoms with Gasteiger partial charge in [0.05, 0.1) is 35.5 Å². The van der Waals surface area contributed by atoms with Crippen molar-refractivity contribution in [2.45, 2.75) is 13.0 Å². The second kappa shape index (κ2) is 7.98. The van der Waals surface area contributed by atoms with E-state index < -0.39 is 0 Å². The van der Waals surface area contributed by atoms with Gasteiger partial charge in [0.25, 0.3) is 0 Å². The van der Waals surface area contributed by atoms with Gasteiger partial charge in [-0.25, -0.2) is 9.37 Å². The van der Waals surface area contributed by atoms with Gasteiger partial charge in [0, 0.05) is 17.3 Å². The molecule has 0 atom stereocenters. The molecular formula is C20H15FN6S. The molecule has 6 nitrogen and oxygen atoms in total. The first kappa shape index (κ1) is 17.8. The zero-order chi connectivity index (χ0) is 19.3. The number of nitrogens with one attached hydrogen (secondary N) is 1. The van der Waals surface area contributed by atoms with Crippen molar-refractivity contribution in [1.29, 1.82) is 5.26 Å². The molecule has 28 heavy (non-hydrogen) atoms. The van der Waals surface area contributed by atoms with Crippen LogP contribution in [0.3, 0.4) is 0 Å². The maximum absolute atomic E-state index is 13.2. The van der Waals surface area contributed by atoms with Crippen molar-refractivity contribution >= 4 is 32.9 Å². The average Bonchev–Trinajstić information content (AvgIpc) is 3.30. The second-order valence-electron chi connectivity index (χ2n) is 5.97. The molecular weight excluding hydrogens is 375 g/mol. The molecule has 0 aliphatic heterocycles. The van der Waals surface area contributed by atoms with Gasteiger partial charge in [-0.05, 0) is 36.4 Å². The Morgan fingerprint density at radius 3 is 2.82 bits per heavy atom. The van der Waals surface area contributed by atoms with Crippen molar-refractivity contribution in [2.24, 2.45) is 5.10 Å². The minimum atomic E-state index is -0.305. The third-order valence-corrected chi connectivity index (χ3v) is 4.96. The zero-order valence-corrected chi connectivity index (χ0v) is 15.5. The molecule has 0 aliphatic rings. The number of nitrogens with zero attached hydrogens (tertiary/aromatic N) is 5. The van der Waals surface area contributed by atoms with Crippen LogP contribution >= 0.6 is 11.3 Å². The third-order valence-electron chi connectivity index (χ3n) is 4.02. The van der Waals surface area contributed by atoms with Crippen LogP contribution in [0.15, 0.2) is 59.8 Å². The fraction of sp³-hybridized carbons (Fsp3) is 0.100. The molecule has 1 N–H and O–H groups in total. The molecule has 0 unspecified atom stereocenters. The average molecular weight is 390 g/mol. The third kappa shape index (κ3) is 3.89. The minimum Gasteiger partial charge on any atom is -0.270 e. The summed E-state index contributed by atoms with van der Waals surface area (Å²) in [6, 6.07) is 16.1. The standard InChI is InChI=1S/C20H15FN6S/c21-16-8-6-14(7-9-16)19-15(13-27(26-19)11-3-10-22)12-23-25-20-24-17-4-1-2-5-18(17)28-20/h1-2,4-9,12-13H,3,11H2,(H,24,25)/b23-12+. The van der Waals surface area contributed by atoms with E-state index in [4.69, 9.17) is 5.26 Å². The Morgan fingerprint density at radius 2 is 2.04 bits per heavy atom. The Morgan fingerprint density at radius 1 is 1.21 bits per heavy atom. The monoisotopic (exact) mass is 390 g/mol. The minimum absolute atomic E-state index is 0.305. The molecule has 0 amide bonds. The Balaban J connectivity index is 1.59. The number of hydrogen-bond acceptors (Lipinski definition) is 6. The number of hydrazone groups is 1. The fourth-order valence-corrected chi connectivity index (χ4v) is 3.54. The number of aryl methyl sites for hydroxylation is 1. The molecule has 138 valence electrons. The van der Waals surface area contributed by atoms with E-state index in [1.807, 2.05) is 30.5 Å². The van der Waals surface area contributed by atoms with Gasteiger partial charge in [-0.3, -0.25) is 10.1 Å². The van der Waals surface area contributed by atoms with Gasteiger partial charge >= 0.3 is 0 Å². The largest absolute Gasteiger partial charge is 0.270 e. The summed E-state index contributed by atoms with van der Waals surface area (Å²) in [5, 5.41) is 18.3. The summed E-state index contributed by atoms with van der Waals surface area (Å²) >= 11 is 1.52. The van der Waals surface area contributed by atoms with Crippen LogP contribution in [0.25, 0.3) is 21.5 Å². The lowest BCUT2D eigenvalue weighted by Crippen LogP contribution is -1.97.